The molecular formula is C17H20O10. The summed E-state index contributed by atoms with van der Waals surface area (Å²) in [5.74, 6) is -7.10. The van der Waals surface area contributed by atoms with Gasteiger partial charge in [0.1, 0.15) is 22.5 Å². The van der Waals surface area contributed by atoms with Crippen molar-refractivity contribution >= 4 is 29.7 Å². The molecule has 0 amide bonds. The predicted octanol–water partition coefficient (Wildman–Crippen LogP) is -0.154. The minimum atomic E-state index is -2.05. The number of carbonyl (C=O) groups is 5. The van der Waals surface area contributed by atoms with E-state index in [4.69, 9.17) is 9.47 Å². The number of Topliss-reactive ketones (excluding diaryl/α,β-unsaturated/α-hetero) is 1. The number of rotatable bonds is 4. The van der Waals surface area contributed by atoms with Crippen LogP contribution >= 0.6 is 0 Å². The first-order chi connectivity index (χ1) is 12.6. The highest BCUT2D eigenvalue weighted by molar-refractivity contribution is 6.15. The summed E-state index contributed by atoms with van der Waals surface area (Å²) in [5, 5.41) is 10.7. The van der Waals surface area contributed by atoms with Crippen LogP contribution in [-0.2, 0) is 42.9 Å². The number of aliphatic hydroxyl groups is 1. The van der Waals surface area contributed by atoms with E-state index in [1.807, 2.05) is 0 Å². The Morgan fingerprint density at radius 2 is 1.48 bits per heavy atom. The molecule has 3 unspecified atom stereocenters. The van der Waals surface area contributed by atoms with Crippen LogP contribution in [0.25, 0.3) is 0 Å². The van der Waals surface area contributed by atoms with Gasteiger partial charge in [-0.05, 0) is 12.8 Å². The Morgan fingerprint density at radius 3 is 1.96 bits per heavy atom. The van der Waals surface area contributed by atoms with Gasteiger partial charge in [0.2, 0.25) is 0 Å². The standard InChI is InChI=1S/C17H20O10/c1-24-12(20)8-5-16(14(22)26-3)7-17(10(8)18,15(23)27-4)6-9(11(16)19)13(21)25-2/h8,19H,5-7H2,1-4H3. The molecule has 10 nitrogen and oxygen atoms in total. The molecule has 1 saturated carbocycles. The first-order valence-electron chi connectivity index (χ1n) is 7.95. The Bertz CT molecular complexity index is 751. The third kappa shape index (κ3) is 2.75. The quantitative estimate of drug-likeness (QED) is 0.395. The second kappa shape index (κ2) is 7.01. The van der Waals surface area contributed by atoms with E-state index in [0.717, 1.165) is 28.4 Å². The molecule has 2 rings (SSSR count). The molecule has 0 radical (unpaired) electrons. The molecule has 10 heteroatoms. The SMILES string of the molecule is COC(=O)C1=C(O)C2(C(=O)OC)CC(C(=O)OC)C(=O)C(C(=O)OC)(C1)C2. The maximum Gasteiger partial charge on any atom is 0.337 e. The van der Waals surface area contributed by atoms with Crippen molar-refractivity contribution < 1.29 is 48.0 Å². The Kier molecular flexibility index (Phi) is 5.30. The zero-order chi connectivity index (χ0) is 20.6. The lowest BCUT2D eigenvalue weighted by molar-refractivity contribution is -0.178. The van der Waals surface area contributed by atoms with Crippen LogP contribution in [0.5, 0.6) is 0 Å². The first-order valence-corrected chi connectivity index (χ1v) is 7.95. The Balaban J connectivity index is 2.83. The van der Waals surface area contributed by atoms with Crippen LogP contribution in [0.3, 0.4) is 0 Å². The van der Waals surface area contributed by atoms with Crippen molar-refractivity contribution in [3.63, 3.8) is 0 Å². The molecule has 0 aliphatic heterocycles. The fraction of sp³-hybridized carbons (Fsp3) is 0.588. The molecule has 0 spiro atoms. The van der Waals surface area contributed by atoms with E-state index in [1.165, 1.54) is 0 Å². The summed E-state index contributed by atoms with van der Waals surface area (Å²) < 4.78 is 18.7. The Morgan fingerprint density at radius 1 is 0.926 bits per heavy atom. The van der Waals surface area contributed by atoms with Crippen LogP contribution in [-0.4, -0.2) is 63.2 Å². The minimum absolute atomic E-state index is 0.420. The highest BCUT2D eigenvalue weighted by Gasteiger charge is 2.68. The highest BCUT2D eigenvalue weighted by atomic mass is 16.5. The second-order valence-corrected chi connectivity index (χ2v) is 6.46. The Hall–Kier alpha value is -2.91. The lowest BCUT2D eigenvalue weighted by Crippen LogP contribution is -2.60. The summed E-state index contributed by atoms with van der Waals surface area (Å²) in [6.07, 6.45) is -1.60. The predicted molar refractivity (Wildman–Crippen MR) is 84.9 cm³/mol. The number of hydrogen-bond donors (Lipinski definition) is 1. The summed E-state index contributed by atoms with van der Waals surface area (Å²) in [5.41, 5.74) is -4.44. The molecule has 1 fully saturated rings. The maximum atomic E-state index is 13.1. The number of hydrogen-bond acceptors (Lipinski definition) is 10. The minimum Gasteiger partial charge on any atom is -0.511 e. The highest BCUT2D eigenvalue weighted by Crippen LogP contribution is 2.58. The van der Waals surface area contributed by atoms with E-state index >= 15 is 0 Å². The molecule has 2 bridgehead atoms. The molecule has 1 N–H and O–H groups in total. The summed E-state index contributed by atoms with van der Waals surface area (Å²) >= 11 is 0. The van der Waals surface area contributed by atoms with E-state index in [2.05, 4.69) is 9.47 Å². The van der Waals surface area contributed by atoms with Crippen LogP contribution in [0.15, 0.2) is 11.3 Å². The van der Waals surface area contributed by atoms with Crippen molar-refractivity contribution in [2.75, 3.05) is 28.4 Å². The molecular weight excluding hydrogens is 364 g/mol. The van der Waals surface area contributed by atoms with Crippen molar-refractivity contribution in [3.05, 3.63) is 11.3 Å². The van der Waals surface area contributed by atoms with Crippen molar-refractivity contribution in [1.82, 2.24) is 0 Å². The third-order valence-corrected chi connectivity index (χ3v) is 5.23. The van der Waals surface area contributed by atoms with Crippen LogP contribution in [0.4, 0.5) is 0 Å². The van der Waals surface area contributed by atoms with E-state index in [9.17, 15) is 29.1 Å². The molecule has 0 aromatic rings. The van der Waals surface area contributed by atoms with Crippen molar-refractivity contribution in [2.24, 2.45) is 16.7 Å². The molecule has 2 aliphatic carbocycles. The van der Waals surface area contributed by atoms with E-state index in [0.29, 0.717) is 0 Å². The molecule has 0 aromatic heterocycles. The third-order valence-electron chi connectivity index (χ3n) is 5.23. The van der Waals surface area contributed by atoms with Gasteiger partial charge in [-0.3, -0.25) is 19.2 Å². The van der Waals surface area contributed by atoms with Gasteiger partial charge in [0.15, 0.2) is 5.78 Å². The van der Waals surface area contributed by atoms with Gasteiger partial charge in [0, 0.05) is 6.42 Å². The number of aliphatic hydroxyl groups excluding tert-OH is 1. The molecule has 0 saturated heterocycles. The number of ether oxygens (including phenoxy) is 4. The topological polar surface area (TPSA) is 142 Å². The molecule has 27 heavy (non-hydrogen) atoms. The van der Waals surface area contributed by atoms with Crippen LogP contribution in [0.1, 0.15) is 19.3 Å². The first kappa shape index (κ1) is 20.4. The summed E-state index contributed by atoms with van der Waals surface area (Å²) in [7, 11) is 4.16. The molecule has 0 aromatic carbocycles. The van der Waals surface area contributed by atoms with Crippen LogP contribution < -0.4 is 0 Å². The largest absolute Gasteiger partial charge is 0.511 e. The van der Waals surface area contributed by atoms with E-state index in [-0.39, 0.29) is 0 Å². The number of fused-ring (bicyclic) bond motifs is 2. The zero-order valence-corrected chi connectivity index (χ0v) is 15.3. The van der Waals surface area contributed by atoms with Crippen molar-refractivity contribution in [2.45, 2.75) is 19.3 Å². The number of methoxy groups -OCH3 is 4. The van der Waals surface area contributed by atoms with Gasteiger partial charge < -0.3 is 24.1 Å². The Labute approximate surface area is 154 Å². The van der Waals surface area contributed by atoms with Gasteiger partial charge in [0.05, 0.1) is 34.0 Å². The number of ketones is 1. The van der Waals surface area contributed by atoms with Gasteiger partial charge in [-0.2, -0.15) is 0 Å². The molecule has 148 valence electrons. The van der Waals surface area contributed by atoms with Crippen molar-refractivity contribution in [1.29, 1.82) is 0 Å². The van der Waals surface area contributed by atoms with Gasteiger partial charge >= 0.3 is 23.9 Å². The van der Waals surface area contributed by atoms with Gasteiger partial charge in [-0.15, -0.1) is 0 Å². The maximum absolute atomic E-state index is 13.1. The second-order valence-electron chi connectivity index (χ2n) is 6.46. The fourth-order valence-corrected chi connectivity index (χ4v) is 3.97. The molecule has 3 atom stereocenters. The van der Waals surface area contributed by atoms with Crippen LogP contribution in [0.2, 0.25) is 0 Å². The average molecular weight is 384 g/mol. The fourth-order valence-electron chi connectivity index (χ4n) is 3.97. The number of carbonyl (C=O) groups excluding carboxylic acids is 5. The average Bonchev–Trinajstić information content (AvgIpc) is 2.69. The lowest BCUT2D eigenvalue weighted by atomic mass is 9.51. The van der Waals surface area contributed by atoms with E-state index in [1.54, 1.807) is 0 Å². The van der Waals surface area contributed by atoms with Gasteiger partial charge in [0.25, 0.3) is 0 Å². The van der Waals surface area contributed by atoms with Gasteiger partial charge in [-0.1, -0.05) is 0 Å². The summed E-state index contributed by atoms with van der Waals surface area (Å²) in [6.45, 7) is 0. The molecule has 2 aliphatic rings. The molecule has 0 heterocycles. The van der Waals surface area contributed by atoms with Crippen LogP contribution in [0, 0.1) is 16.7 Å². The summed E-state index contributed by atoms with van der Waals surface area (Å²) in [6, 6.07) is 0. The monoisotopic (exact) mass is 384 g/mol. The number of esters is 4. The zero-order valence-electron chi connectivity index (χ0n) is 15.3. The van der Waals surface area contributed by atoms with Crippen molar-refractivity contribution in [3.8, 4) is 0 Å². The van der Waals surface area contributed by atoms with E-state index < -0.39 is 77.0 Å². The smallest absolute Gasteiger partial charge is 0.337 e. The van der Waals surface area contributed by atoms with Gasteiger partial charge in [-0.25, -0.2) is 4.79 Å². The summed E-state index contributed by atoms with van der Waals surface area (Å²) in [4.78, 5) is 62.5. The lowest BCUT2D eigenvalue weighted by Gasteiger charge is -2.48. The normalized spacial score (nSPS) is 29.6.